The quantitative estimate of drug-likeness (QED) is 0.653. The van der Waals surface area contributed by atoms with E-state index >= 15 is 0 Å². The maximum absolute atomic E-state index is 5.85. The summed E-state index contributed by atoms with van der Waals surface area (Å²) in [4.78, 5) is 0. The molecule has 0 atom stereocenters. The third kappa shape index (κ3) is 2.02. The van der Waals surface area contributed by atoms with Gasteiger partial charge in [0.25, 0.3) is 0 Å². The van der Waals surface area contributed by atoms with Crippen LogP contribution in [-0.2, 0) is 6.42 Å². The second kappa shape index (κ2) is 4.17. The third-order valence-corrected chi connectivity index (χ3v) is 1.91. The molecule has 0 bridgehead atoms. The van der Waals surface area contributed by atoms with Crippen LogP contribution in [0.4, 0.5) is 0 Å². The lowest BCUT2D eigenvalue weighted by Crippen LogP contribution is -1.87. The monoisotopic (exact) mass is 182 g/mol. The van der Waals surface area contributed by atoms with Crippen LogP contribution in [0, 0.1) is 0 Å². The van der Waals surface area contributed by atoms with Gasteiger partial charge in [-0.15, -0.1) is 6.58 Å². The molecule has 0 aliphatic rings. The topological polar surface area (TPSA) is 9.23 Å². The SMILES string of the molecule is C=CCc1ccc(Cl)c(OC)c1. The summed E-state index contributed by atoms with van der Waals surface area (Å²) in [5.74, 6) is 0.719. The molecule has 2 heteroatoms. The lowest BCUT2D eigenvalue weighted by molar-refractivity contribution is 0.414. The van der Waals surface area contributed by atoms with Gasteiger partial charge in [0.05, 0.1) is 12.1 Å². The van der Waals surface area contributed by atoms with Gasteiger partial charge in [-0.25, -0.2) is 0 Å². The highest BCUT2D eigenvalue weighted by Crippen LogP contribution is 2.25. The van der Waals surface area contributed by atoms with Crippen LogP contribution in [0.5, 0.6) is 5.75 Å². The maximum atomic E-state index is 5.85. The van der Waals surface area contributed by atoms with Gasteiger partial charge >= 0.3 is 0 Å². The summed E-state index contributed by atoms with van der Waals surface area (Å²) in [6.07, 6.45) is 2.69. The number of rotatable bonds is 3. The van der Waals surface area contributed by atoms with Crippen LogP contribution < -0.4 is 4.74 Å². The summed E-state index contributed by atoms with van der Waals surface area (Å²) >= 11 is 5.85. The molecular formula is C10H11ClO. The Kier molecular flexibility index (Phi) is 3.18. The first-order valence-electron chi connectivity index (χ1n) is 3.71. The molecule has 0 unspecified atom stereocenters. The molecule has 0 aliphatic carbocycles. The molecule has 64 valence electrons. The first-order valence-corrected chi connectivity index (χ1v) is 4.09. The largest absolute Gasteiger partial charge is 0.495 e. The molecular weight excluding hydrogens is 172 g/mol. The Morgan fingerprint density at radius 2 is 2.33 bits per heavy atom. The van der Waals surface area contributed by atoms with Crippen LogP contribution in [-0.4, -0.2) is 7.11 Å². The second-order valence-electron chi connectivity index (χ2n) is 2.46. The number of halogens is 1. The van der Waals surface area contributed by atoms with E-state index in [1.165, 1.54) is 0 Å². The highest BCUT2D eigenvalue weighted by atomic mass is 35.5. The molecule has 0 amide bonds. The van der Waals surface area contributed by atoms with Gasteiger partial charge in [0.1, 0.15) is 5.75 Å². The van der Waals surface area contributed by atoms with Crippen molar-refractivity contribution >= 4 is 11.6 Å². The number of methoxy groups -OCH3 is 1. The van der Waals surface area contributed by atoms with Crippen molar-refractivity contribution in [1.82, 2.24) is 0 Å². The van der Waals surface area contributed by atoms with Crippen LogP contribution in [0.1, 0.15) is 5.56 Å². The van der Waals surface area contributed by atoms with Gasteiger partial charge in [0.15, 0.2) is 0 Å². The number of hydrogen-bond acceptors (Lipinski definition) is 1. The highest BCUT2D eigenvalue weighted by molar-refractivity contribution is 6.32. The first-order chi connectivity index (χ1) is 5.77. The average Bonchev–Trinajstić information content (AvgIpc) is 2.09. The predicted octanol–water partition coefficient (Wildman–Crippen LogP) is 3.08. The van der Waals surface area contributed by atoms with Crippen molar-refractivity contribution in [3.63, 3.8) is 0 Å². The van der Waals surface area contributed by atoms with Crippen molar-refractivity contribution in [2.45, 2.75) is 6.42 Å². The fourth-order valence-corrected chi connectivity index (χ4v) is 1.19. The van der Waals surface area contributed by atoms with E-state index in [4.69, 9.17) is 16.3 Å². The Morgan fingerprint density at radius 1 is 1.58 bits per heavy atom. The molecule has 0 N–H and O–H groups in total. The molecule has 1 aromatic carbocycles. The summed E-state index contributed by atoms with van der Waals surface area (Å²) in [5, 5.41) is 0.644. The zero-order chi connectivity index (χ0) is 8.97. The van der Waals surface area contributed by atoms with E-state index in [1.807, 2.05) is 24.3 Å². The van der Waals surface area contributed by atoms with E-state index in [0.717, 1.165) is 17.7 Å². The molecule has 0 aromatic heterocycles. The molecule has 1 aromatic rings. The van der Waals surface area contributed by atoms with Gasteiger partial charge in [-0.2, -0.15) is 0 Å². The van der Waals surface area contributed by atoms with Crippen molar-refractivity contribution in [3.8, 4) is 5.75 Å². The number of hydrogen-bond donors (Lipinski definition) is 0. The van der Waals surface area contributed by atoms with Gasteiger partial charge in [-0.05, 0) is 24.1 Å². The van der Waals surface area contributed by atoms with Crippen LogP contribution in [0.3, 0.4) is 0 Å². The second-order valence-corrected chi connectivity index (χ2v) is 2.87. The molecule has 0 spiro atoms. The minimum atomic E-state index is 0.644. The molecule has 1 rings (SSSR count). The maximum Gasteiger partial charge on any atom is 0.137 e. The molecule has 0 aliphatic heterocycles. The van der Waals surface area contributed by atoms with Crippen molar-refractivity contribution in [2.75, 3.05) is 7.11 Å². The summed E-state index contributed by atoms with van der Waals surface area (Å²) in [7, 11) is 1.61. The smallest absolute Gasteiger partial charge is 0.137 e. The Morgan fingerprint density at radius 3 is 2.92 bits per heavy atom. The standard InChI is InChI=1S/C10H11ClO/c1-3-4-8-5-6-9(11)10(7-8)12-2/h3,5-7H,1,4H2,2H3. The van der Waals surface area contributed by atoms with E-state index in [-0.39, 0.29) is 0 Å². The summed E-state index contributed by atoms with van der Waals surface area (Å²) in [6, 6.07) is 5.72. The van der Waals surface area contributed by atoms with Crippen molar-refractivity contribution in [1.29, 1.82) is 0 Å². The molecule has 0 saturated heterocycles. The third-order valence-electron chi connectivity index (χ3n) is 1.60. The zero-order valence-corrected chi connectivity index (χ0v) is 7.77. The summed E-state index contributed by atoms with van der Waals surface area (Å²) in [6.45, 7) is 3.66. The Hall–Kier alpha value is -0.950. The Balaban J connectivity index is 2.96. The van der Waals surface area contributed by atoms with Gasteiger partial charge in [-0.3, -0.25) is 0 Å². The Labute approximate surface area is 77.6 Å². The lowest BCUT2D eigenvalue weighted by Gasteiger charge is -2.04. The van der Waals surface area contributed by atoms with E-state index in [0.29, 0.717) is 5.02 Å². The highest BCUT2D eigenvalue weighted by Gasteiger charge is 1.99. The molecule has 1 nitrogen and oxygen atoms in total. The minimum absolute atomic E-state index is 0.644. The van der Waals surface area contributed by atoms with E-state index in [1.54, 1.807) is 7.11 Å². The van der Waals surface area contributed by atoms with Crippen LogP contribution >= 0.6 is 11.6 Å². The number of allylic oxidation sites excluding steroid dienone is 1. The first kappa shape index (κ1) is 9.14. The lowest BCUT2D eigenvalue weighted by atomic mass is 10.1. The fraction of sp³-hybridized carbons (Fsp3) is 0.200. The number of ether oxygens (including phenoxy) is 1. The normalized spacial score (nSPS) is 9.50. The van der Waals surface area contributed by atoms with E-state index in [2.05, 4.69) is 6.58 Å². The van der Waals surface area contributed by atoms with Gasteiger partial charge in [-0.1, -0.05) is 23.7 Å². The van der Waals surface area contributed by atoms with E-state index in [9.17, 15) is 0 Å². The average molecular weight is 183 g/mol. The zero-order valence-electron chi connectivity index (χ0n) is 7.01. The molecule has 0 fully saturated rings. The van der Waals surface area contributed by atoms with Gasteiger partial charge in [0.2, 0.25) is 0 Å². The van der Waals surface area contributed by atoms with E-state index < -0.39 is 0 Å². The number of benzene rings is 1. The van der Waals surface area contributed by atoms with Gasteiger partial charge in [0, 0.05) is 0 Å². The van der Waals surface area contributed by atoms with Crippen LogP contribution in [0.15, 0.2) is 30.9 Å². The fourth-order valence-electron chi connectivity index (χ4n) is 0.998. The molecule has 0 saturated carbocycles. The summed E-state index contributed by atoms with van der Waals surface area (Å²) < 4.78 is 5.07. The molecule has 0 heterocycles. The molecule has 0 radical (unpaired) electrons. The summed E-state index contributed by atoms with van der Waals surface area (Å²) in [5.41, 5.74) is 1.16. The van der Waals surface area contributed by atoms with Crippen LogP contribution in [0.2, 0.25) is 5.02 Å². The predicted molar refractivity (Wildman–Crippen MR) is 51.9 cm³/mol. The molecule has 12 heavy (non-hydrogen) atoms. The minimum Gasteiger partial charge on any atom is -0.495 e. The van der Waals surface area contributed by atoms with Gasteiger partial charge < -0.3 is 4.74 Å². The van der Waals surface area contributed by atoms with Crippen molar-refractivity contribution in [2.24, 2.45) is 0 Å². The van der Waals surface area contributed by atoms with Crippen molar-refractivity contribution < 1.29 is 4.74 Å². The Bertz CT molecular complexity index is 281. The van der Waals surface area contributed by atoms with Crippen LogP contribution in [0.25, 0.3) is 0 Å². The van der Waals surface area contributed by atoms with Crippen molar-refractivity contribution in [3.05, 3.63) is 41.4 Å².